The van der Waals surface area contributed by atoms with Crippen LogP contribution in [0.1, 0.15) is 43.8 Å². The van der Waals surface area contributed by atoms with Crippen molar-refractivity contribution in [3.05, 3.63) is 11.6 Å². The van der Waals surface area contributed by atoms with Gasteiger partial charge in [0.2, 0.25) is 5.91 Å². The minimum absolute atomic E-state index is 0.346. The van der Waals surface area contributed by atoms with Crippen LogP contribution in [0.3, 0.4) is 0 Å². The average molecular weight is 319 g/mol. The Morgan fingerprint density at radius 1 is 1.17 bits per heavy atom. The molecule has 2 aliphatic rings. The monoisotopic (exact) mass is 319 g/mol. The van der Waals surface area contributed by atoms with Crippen LogP contribution in [0.4, 0.5) is 0 Å². The van der Waals surface area contributed by atoms with Gasteiger partial charge < -0.3 is 9.80 Å². The molecule has 0 N–H and O–H groups in total. The van der Waals surface area contributed by atoms with Crippen LogP contribution in [0.5, 0.6) is 0 Å². The minimum atomic E-state index is 0.346. The summed E-state index contributed by atoms with van der Waals surface area (Å²) in [5.74, 6) is 2.90. The molecule has 23 heavy (non-hydrogen) atoms. The van der Waals surface area contributed by atoms with Crippen LogP contribution in [0.25, 0.3) is 0 Å². The third-order valence-electron chi connectivity index (χ3n) is 5.07. The van der Waals surface area contributed by atoms with E-state index in [1.165, 1.54) is 19.4 Å². The van der Waals surface area contributed by atoms with Crippen molar-refractivity contribution in [2.75, 3.05) is 32.7 Å². The lowest BCUT2D eigenvalue weighted by Crippen LogP contribution is -2.39. The number of rotatable bonds is 6. The number of aryl methyl sites for hydroxylation is 2. The van der Waals surface area contributed by atoms with E-state index in [0.717, 1.165) is 63.6 Å². The molecule has 1 amide bonds. The summed E-state index contributed by atoms with van der Waals surface area (Å²) in [6.45, 7) is 10.3. The lowest BCUT2D eigenvalue weighted by molar-refractivity contribution is -0.127. The molecule has 0 aliphatic carbocycles. The molecule has 6 heteroatoms. The molecule has 0 bridgehead atoms. The quantitative estimate of drug-likeness (QED) is 0.799. The third kappa shape index (κ3) is 4.31. The van der Waals surface area contributed by atoms with E-state index in [1.54, 1.807) is 0 Å². The zero-order valence-corrected chi connectivity index (χ0v) is 14.5. The Hall–Kier alpha value is -1.43. The van der Waals surface area contributed by atoms with Crippen LogP contribution in [-0.2, 0) is 11.3 Å². The first-order valence-corrected chi connectivity index (χ1v) is 9.00. The summed E-state index contributed by atoms with van der Waals surface area (Å²) in [5.41, 5.74) is 0. The van der Waals surface area contributed by atoms with Crippen LogP contribution < -0.4 is 0 Å². The molecule has 3 heterocycles. The second-order valence-corrected chi connectivity index (χ2v) is 7.04. The fraction of sp³-hybridized carbons (Fsp3) is 0.824. The molecule has 1 aromatic heterocycles. The molecule has 1 atom stereocenters. The molecule has 1 aromatic rings. The minimum Gasteiger partial charge on any atom is -0.343 e. The number of hydrogen-bond donors (Lipinski definition) is 0. The Morgan fingerprint density at radius 2 is 2.04 bits per heavy atom. The molecule has 2 fully saturated rings. The Balaban J connectivity index is 1.42. The highest BCUT2D eigenvalue weighted by molar-refractivity contribution is 5.77. The van der Waals surface area contributed by atoms with E-state index < -0.39 is 0 Å². The van der Waals surface area contributed by atoms with Crippen molar-refractivity contribution in [1.82, 2.24) is 24.6 Å². The van der Waals surface area contributed by atoms with Crippen molar-refractivity contribution in [3.63, 3.8) is 0 Å². The number of likely N-dealkylation sites (tertiary alicyclic amines) is 2. The van der Waals surface area contributed by atoms with Gasteiger partial charge in [-0.25, -0.2) is 9.67 Å². The van der Waals surface area contributed by atoms with Crippen molar-refractivity contribution in [3.8, 4) is 0 Å². The predicted octanol–water partition coefficient (Wildman–Crippen LogP) is 1.62. The van der Waals surface area contributed by atoms with Crippen LogP contribution in [0.15, 0.2) is 0 Å². The summed E-state index contributed by atoms with van der Waals surface area (Å²) < 4.78 is 2.06. The lowest BCUT2D eigenvalue weighted by atomic mass is 9.98. The summed E-state index contributed by atoms with van der Waals surface area (Å²) in [6.07, 6.45) is 5.43. The van der Waals surface area contributed by atoms with E-state index in [9.17, 15) is 4.79 Å². The molecule has 6 nitrogen and oxygen atoms in total. The Morgan fingerprint density at radius 3 is 2.74 bits per heavy atom. The zero-order valence-electron chi connectivity index (χ0n) is 14.5. The van der Waals surface area contributed by atoms with Crippen molar-refractivity contribution >= 4 is 5.91 Å². The molecule has 0 unspecified atom stereocenters. The summed E-state index contributed by atoms with van der Waals surface area (Å²) in [5, 5.41) is 4.50. The fourth-order valence-corrected chi connectivity index (χ4v) is 3.91. The summed E-state index contributed by atoms with van der Waals surface area (Å²) >= 11 is 0. The van der Waals surface area contributed by atoms with E-state index in [4.69, 9.17) is 0 Å². The van der Waals surface area contributed by atoms with E-state index in [2.05, 4.69) is 19.7 Å². The van der Waals surface area contributed by atoms with Gasteiger partial charge in [-0.2, -0.15) is 5.10 Å². The summed E-state index contributed by atoms with van der Waals surface area (Å²) in [7, 11) is 0. The number of carbonyl (C=O) groups excluding carboxylic acids is 1. The highest BCUT2D eigenvalue weighted by Gasteiger charge is 2.23. The maximum atomic E-state index is 11.6. The first kappa shape index (κ1) is 16.4. The van der Waals surface area contributed by atoms with Crippen molar-refractivity contribution in [1.29, 1.82) is 0 Å². The van der Waals surface area contributed by atoms with Crippen molar-refractivity contribution in [2.45, 2.75) is 52.5 Å². The zero-order chi connectivity index (χ0) is 16.2. The van der Waals surface area contributed by atoms with Gasteiger partial charge in [0, 0.05) is 32.6 Å². The Bertz CT molecular complexity index is 541. The molecule has 2 aliphatic heterocycles. The smallest absolute Gasteiger partial charge is 0.222 e. The summed E-state index contributed by atoms with van der Waals surface area (Å²) in [6, 6.07) is 0. The number of hydrogen-bond acceptors (Lipinski definition) is 4. The summed E-state index contributed by atoms with van der Waals surface area (Å²) in [4.78, 5) is 20.6. The first-order chi connectivity index (χ1) is 11.1. The number of carbonyl (C=O) groups is 1. The van der Waals surface area contributed by atoms with E-state index in [0.29, 0.717) is 11.8 Å². The van der Waals surface area contributed by atoms with E-state index in [1.807, 2.05) is 18.7 Å². The van der Waals surface area contributed by atoms with Gasteiger partial charge in [-0.15, -0.1) is 0 Å². The topological polar surface area (TPSA) is 54.3 Å². The Labute approximate surface area is 138 Å². The van der Waals surface area contributed by atoms with Gasteiger partial charge >= 0.3 is 0 Å². The third-order valence-corrected chi connectivity index (χ3v) is 5.07. The van der Waals surface area contributed by atoms with Crippen LogP contribution in [0.2, 0.25) is 0 Å². The van der Waals surface area contributed by atoms with Gasteiger partial charge in [-0.05, 0) is 58.5 Å². The molecular weight excluding hydrogens is 290 g/mol. The van der Waals surface area contributed by atoms with Gasteiger partial charge in [0.05, 0.1) is 0 Å². The van der Waals surface area contributed by atoms with Crippen LogP contribution in [-0.4, -0.2) is 63.2 Å². The number of aromatic nitrogens is 3. The molecule has 0 saturated carbocycles. The molecule has 0 aromatic carbocycles. The average Bonchev–Trinajstić information content (AvgIpc) is 3.05. The van der Waals surface area contributed by atoms with Crippen molar-refractivity contribution < 1.29 is 4.79 Å². The van der Waals surface area contributed by atoms with E-state index >= 15 is 0 Å². The molecule has 0 spiro atoms. The molecular formula is C17H29N5O. The molecule has 2 saturated heterocycles. The Kier molecular flexibility index (Phi) is 5.30. The maximum Gasteiger partial charge on any atom is 0.222 e. The second-order valence-electron chi connectivity index (χ2n) is 7.04. The number of piperidine rings is 1. The van der Waals surface area contributed by atoms with Gasteiger partial charge in [0.25, 0.3) is 0 Å². The van der Waals surface area contributed by atoms with Gasteiger partial charge in [0.1, 0.15) is 11.6 Å². The van der Waals surface area contributed by atoms with E-state index in [-0.39, 0.29) is 0 Å². The van der Waals surface area contributed by atoms with Crippen LogP contribution >= 0.6 is 0 Å². The van der Waals surface area contributed by atoms with Gasteiger partial charge in [-0.1, -0.05) is 0 Å². The van der Waals surface area contributed by atoms with Gasteiger partial charge in [0.15, 0.2) is 0 Å². The predicted molar refractivity (Wildman–Crippen MR) is 89.1 cm³/mol. The highest BCUT2D eigenvalue weighted by Crippen LogP contribution is 2.19. The largest absolute Gasteiger partial charge is 0.343 e. The second kappa shape index (κ2) is 7.43. The van der Waals surface area contributed by atoms with Crippen LogP contribution in [0, 0.1) is 19.8 Å². The SMILES string of the molecule is Cc1nc(C)n(C[C@@H]2CCCN(CCCN3CCCC3=O)C2)n1. The normalized spacial score (nSPS) is 23.0. The standard InChI is InChI=1S/C17H29N5O/c1-14-18-15(2)22(19-14)13-16-6-3-8-20(12-16)9-5-11-21-10-4-7-17(21)23/h16H,3-13H2,1-2H3/t16-/m1/s1. The lowest BCUT2D eigenvalue weighted by Gasteiger charge is -2.33. The first-order valence-electron chi connectivity index (χ1n) is 9.00. The number of amides is 1. The molecule has 128 valence electrons. The number of nitrogens with zero attached hydrogens (tertiary/aromatic N) is 5. The maximum absolute atomic E-state index is 11.6. The highest BCUT2D eigenvalue weighted by atomic mass is 16.2. The molecule has 0 radical (unpaired) electrons. The van der Waals surface area contributed by atoms with Gasteiger partial charge in [-0.3, -0.25) is 4.79 Å². The fourth-order valence-electron chi connectivity index (χ4n) is 3.91. The molecule has 3 rings (SSSR count). The van der Waals surface area contributed by atoms with Crippen molar-refractivity contribution in [2.24, 2.45) is 5.92 Å².